The Morgan fingerprint density at radius 2 is 1.29 bits per heavy atom. The van der Waals surface area contributed by atoms with Gasteiger partial charge < -0.3 is 0 Å². The van der Waals surface area contributed by atoms with Gasteiger partial charge in [0.25, 0.3) is 0 Å². The van der Waals surface area contributed by atoms with Gasteiger partial charge >= 0.3 is 0 Å². The first-order chi connectivity index (χ1) is 2.64. The van der Waals surface area contributed by atoms with Gasteiger partial charge in [0, 0.05) is 8.80 Å². The Labute approximate surface area is 54.3 Å². The van der Waals surface area contributed by atoms with Crippen LogP contribution in [0.1, 0.15) is 13.8 Å². The minimum atomic E-state index is -0.244. The van der Waals surface area contributed by atoms with Crippen molar-refractivity contribution in [2.75, 3.05) is 0 Å². The second-order valence-electron chi connectivity index (χ2n) is 2.49. The standard InChI is InChI=1S/C5H14Si.ClH/c1-5(2)6(3)4;/h5-6H,1-4H3;1H. The van der Waals surface area contributed by atoms with Crippen molar-refractivity contribution in [3.8, 4) is 0 Å². The van der Waals surface area contributed by atoms with Crippen LogP contribution in [0.15, 0.2) is 0 Å². The summed E-state index contributed by atoms with van der Waals surface area (Å²) in [4.78, 5) is 0. The molecule has 0 radical (unpaired) electrons. The zero-order chi connectivity index (χ0) is 5.15. The number of hydrogen-bond acceptors (Lipinski definition) is 0. The van der Waals surface area contributed by atoms with Crippen LogP contribution in [0.3, 0.4) is 0 Å². The molecule has 46 valence electrons. The Morgan fingerprint density at radius 3 is 1.29 bits per heavy atom. The van der Waals surface area contributed by atoms with E-state index in [0.29, 0.717) is 0 Å². The molecule has 0 aromatic carbocycles. The lowest BCUT2D eigenvalue weighted by Gasteiger charge is -2.03. The van der Waals surface area contributed by atoms with Gasteiger partial charge in [-0.3, -0.25) is 0 Å². The Bertz CT molecular complexity index is 29.1. The molecule has 0 aliphatic heterocycles. The van der Waals surface area contributed by atoms with E-state index in [1.54, 1.807) is 0 Å². The van der Waals surface area contributed by atoms with Gasteiger partial charge in [0.05, 0.1) is 0 Å². The molecule has 0 aliphatic carbocycles. The lowest BCUT2D eigenvalue weighted by molar-refractivity contribution is 1.04. The van der Waals surface area contributed by atoms with E-state index in [1.807, 2.05) is 0 Å². The SMILES string of the molecule is CC(C)[SiH](C)C.Cl. The van der Waals surface area contributed by atoms with Gasteiger partial charge in [-0.25, -0.2) is 0 Å². The molecule has 0 atom stereocenters. The average molecular weight is 139 g/mol. The summed E-state index contributed by atoms with van der Waals surface area (Å²) in [5.41, 5.74) is 0.991. The van der Waals surface area contributed by atoms with Gasteiger partial charge in [-0.1, -0.05) is 32.5 Å². The quantitative estimate of drug-likeness (QED) is 0.488. The summed E-state index contributed by atoms with van der Waals surface area (Å²) in [6.45, 7) is 9.36. The molecule has 0 saturated carbocycles. The number of hydrogen-bond donors (Lipinski definition) is 0. The largest absolute Gasteiger partial charge is 0.147 e. The Morgan fingerprint density at radius 1 is 1.14 bits per heavy atom. The average Bonchev–Trinajstić information content (AvgIpc) is 1.36. The van der Waals surface area contributed by atoms with Crippen LogP contribution in [0.2, 0.25) is 18.6 Å². The van der Waals surface area contributed by atoms with Crippen molar-refractivity contribution in [1.29, 1.82) is 0 Å². The molecule has 0 unspecified atom stereocenters. The fourth-order valence-corrected chi connectivity index (χ4v) is 0. The minimum absolute atomic E-state index is 0. The normalized spacial score (nSPS) is 9.43. The maximum absolute atomic E-state index is 2.38. The molecule has 2 heteroatoms. The molecule has 0 aromatic rings. The molecule has 0 rings (SSSR count). The smallest absolute Gasteiger partial charge is 0.0331 e. The molecular formula is C5H15ClSi. The first-order valence-corrected chi connectivity index (χ1v) is 5.62. The van der Waals surface area contributed by atoms with Gasteiger partial charge in [-0.05, 0) is 0 Å². The summed E-state index contributed by atoms with van der Waals surface area (Å²) < 4.78 is 0. The van der Waals surface area contributed by atoms with E-state index in [9.17, 15) is 0 Å². The predicted octanol–water partition coefficient (Wildman–Crippen LogP) is 2.30. The Balaban J connectivity index is 0. The first kappa shape index (κ1) is 10.5. The molecule has 7 heavy (non-hydrogen) atoms. The molecule has 0 nitrogen and oxygen atoms in total. The third kappa shape index (κ3) is 6.51. The lowest BCUT2D eigenvalue weighted by atomic mass is 10.6. The fourth-order valence-electron chi connectivity index (χ4n) is 0. The fraction of sp³-hybridized carbons (Fsp3) is 1.00. The van der Waals surface area contributed by atoms with Crippen LogP contribution < -0.4 is 0 Å². The Kier molecular flexibility index (Phi) is 6.98. The van der Waals surface area contributed by atoms with Crippen LogP contribution in [-0.4, -0.2) is 8.80 Å². The predicted molar refractivity (Wildman–Crippen MR) is 41.2 cm³/mol. The summed E-state index contributed by atoms with van der Waals surface area (Å²) in [5.74, 6) is 0. The van der Waals surface area contributed by atoms with E-state index in [0.717, 1.165) is 5.54 Å². The van der Waals surface area contributed by atoms with E-state index in [1.165, 1.54) is 0 Å². The van der Waals surface area contributed by atoms with E-state index in [-0.39, 0.29) is 21.2 Å². The van der Waals surface area contributed by atoms with Gasteiger partial charge in [-0.15, -0.1) is 12.4 Å². The molecule has 0 heterocycles. The highest BCUT2D eigenvalue weighted by Crippen LogP contribution is 2.04. The van der Waals surface area contributed by atoms with Crippen LogP contribution in [0.25, 0.3) is 0 Å². The van der Waals surface area contributed by atoms with E-state index in [2.05, 4.69) is 26.9 Å². The van der Waals surface area contributed by atoms with Crippen LogP contribution in [0.5, 0.6) is 0 Å². The Hall–Kier alpha value is 0.507. The molecule has 0 aliphatic rings. The number of rotatable bonds is 1. The zero-order valence-electron chi connectivity index (χ0n) is 5.56. The second-order valence-corrected chi connectivity index (χ2v) is 6.31. The van der Waals surface area contributed by atoms with E-state index in [4.69, 9.17) is 0 Å². The highest BCUT2D eigenvalue weighted by atomic mass is 35.5. The van der Waals surface area contributed by atoms with E-state index < -0.39 is 0 Å². The first-order valence-electron chi connectivity index (χ1n) is 2.64. The summed E-state index contributed by atoms with van der Waals surface area (Å²) in [6, 6.07) is 0. The maximum Gasteiger partial charge on any atom is 0.0331 e. The van der Waals surface area contributed by atoms with Crippen molar-refractivity contribution in [2.24, 2.45) is 0 Å². The molecule has 0 amide bonds. The van der Waals surface area contributed by atoms with Gasteiger partial charge in [-0.2, -0.15) is 0 Å². The summed E-state index contributed by atoms with van der Waals surface area (Å²) in [7, 11) is -0.244. The molecule has 0 aromatic heterocycles. The van der Waals surface area contributed by atoms with Crippen LogP contribution in [0, 0.1) is 0 Å². The van der Waals surface area contributed by atoms with Crippen molar-refractivity contribution in [2.45, 2.75) is 32.5 Å². The molecular weight excluding hydrogens is 124 g/mol. The lowest BCUT2D eigenvalue weighted by Crippen LogP contribution is -2.03. The topological polar surface area (TPSA) is 0 Å². The van der Waals surface area contributed by atoms with Gasteiger partial charge in [0.15, 0.2) is 0 Å². The maximum atomic E-state index is 2.38. The molecule has 0 saturated heterocycles. The van der Waals surface area contributed by atoms with Gasteiger partial charge in [0.2, 0.25) is 0 Å². The van der Waals surface area contributed by atoms with Crippen molar-refractivity contribution in [3.63, 3.8) is 0 Å². The minimum Gasteiger partial charge on any atom is -0.147 e. The van der Waals surface area contributed by atoms with Crippen molar-refractivity contribution in [3.05, 3.63) is 0 Å². The third-order valence-electron chi connectivity index (χ3n) is 1.33. The summed E-state index contributed by atoms with van der Waals surface area (Å²) in [5, 5.41) is 0. The van der Waals surface area contributed by atoms with Crippen LogP contribution >= 0.6 is 12.4 Å². The molecule has 0 spiro atoms. The van der Waals surface area contributed by atoms with E-state index >= 15 is 0 Å². The summed E-state index contributed by atoms with van der Waals surface area (Å²) >= 11 is 0. The van der Waals surface area contributed by atoms with Gasteiger partial charge in [0.1, 0.15) is 0 Å². The number of halogens is 1. The zero-order valence-corrected chi connectivity index (χ0v) is 7.53. The van der Waals surface area contributed by atoms with Crippen molar-refractivity contribution in [1.82, 2.24) is 0 Å². The van der Waals surface area contributed by atoms with Crippen molar-refractivity contribution < 1.29 is 0 Å². The summed E-state index contributed by atoms with van der Waals surface area (Å²) in [6.07, 6.45) is 0. The van der Waals surface area contributed by atoms with Crippen LogP contribution in [-0.2, 0) is 0 Å². The second kappa shape index (κ2) is 4.66. The molecule has 0 fully saturated rings. The van der Waals surface area contributed by atoms with Crippen molar-refractivity contribution >= 4 is 21.2 Å². The highest BCUT2D eigenvalue weighted by Gasteiger charge is 1.97. The monoisotopic (exact) mass is 138 g/mol. The molecule has 0 bridgehead atoms. The third-order valence-corrected chi connectivity index (χ3v) is 4.00. The highest BCUT2D eigenvalue weighted by molar-refractivity contribution is 6.57. The molecule has 0 N–H and O–H groups in total. The van der Waals surface area contributed by atoms with Crippen LogP contribution in [0.4, 0.5) is 0 Å².